The van der Waals surface area contributed by atoms with E-state index >= 15 is 0 Å². The van der Waals surface area contributed by atoms with Crippen LogP contribution in [-0.4, -0.2) is 35.6 Å². The summed E-state index contributed by atoms with van der Waals surface area (Å²) in [5, 5.41) is 9.22. The second-order valence-electron chi connectivity index (χ2n) is 4.63. The lowest BCUT2D eigenvalue weighted by Crippen LogP contribution is -2.30. The lowest BCUT2D eigenvalue weighted by atomic mass is 10.0. The van der Waals surface area contributed by atoms with Crippen LogP contribution in [0.2, 0.25) is 0 Å². The van der Waals surface area contributed by atoms with E-state index in [1.165, 1.54) is 0 Å². The predicted molar refractivity (Wildman–Crippen MR) is 69.2 cm³/mol. The maximum atomic E-state index is 12.2. The third kappa shape index (κ3) is 3.56. The molecule has 3 heteroatoms. The quantitative estimate of drug-likeness (QED) is 0.868. The van der Waals surface area contributed by atoms with Gasteiger partial charge in [0.2, 0.25) is 0 Å². The number of nitrogens with zero attached hydrogens (tertiary/aromatic N) is 1. The molecule has 0 radical (unpaired) electrons. The van der Waals surface area contributed by atoms with Crippen LogP contribution in [0, 0.1) is 13.8 Å². The molecule has 94 valence electrons. The molecule has 1 aromatic carbocycles. The van der Waals surface area contributed by atoms with Crippen molar-refractivity contribution in [3.05, 3.63) is 34.9 Å². The molecule has 1 rings (SSSR count). The van der Waals surface area contributed by atoms with Crippen molar-refractivity contribution in [3.63, 3.8) is 0 Å². The molecule has 0 aromatic heterocycles. The first kappa shape index (κ1) is 13.7. The average molecular weight is 235 g/mol. The van der Waals surface area contributed by atoms with E-state index in [0.717, 1.165) is 16.7 Å². The number of carbonyl (C=O) groups is 1. The summed E-state index contributed by atoms with van der Waals surface area (Å²) in [6, 6.07) is 5.85. The molecule has 1 N–H and O–H groups in total. The summed E-state index contributed by atoms with van der Waals surface area (Å²) in [6.45, 7) is 6.20. The van der Waals surface area contributed by atoms with Crippen LogP contribution in [-0.2, 0) is 0 Å². The lowest BCUT2D eigenvalue weighted by Gasteiger charge is -2.20. The SMILES string of the molecule is Cc1cccc(C)c1C(=O)N(C)CCC(C)O. The fourth-order valence-electron chi connectivity index (χ4n) is 1.82. The Morgan fingerprint density at radius 3 is 2.35 bits per heavy atom. The lowest BCUT2D eigenvalue weighted by molar-refractivity contribution is 0.0767. The van der Waals surface area contributed by atoms with Gasteiger partial charge >= 0.3 is 0 Å². The van der Waals surface area contributed by atoms with E-state index in [4.69, 9.17) is 0 Å². The Labute approximate surface area is 103 Å². The molecule has 0 aliphatic rings. The molecule has 0 bridgehead atoms. The normalized spacial score (nSPS) is 12.3. The third-order valence-electron chi connectivity index (χ3n) is 2.92. The van der Waals surface area contributed by atoms with Crippen molar-refractivity contribution in [2.24, 2.45) is 0 Å². The monoisotopic (exact) mass is 235 g/mol. The van der Waals surface area contributed by atoms with Crippen LogP contribution in [0.4, 0.5) is 0 Å². The number of carbonyl (C=O) groups excluding carboxylic acids is 1. The Kier molecular flexibility index (Phi) is 4.70. The summed E-state index contributed by atoms with van der Waals surface area (Å²) < 4.78 is 0. The molecule has 0 aliphatic heterocycles. The number of benzene rings is 1. The van der Waals surface area contributed by atoms with Crippen molar-refractivity contribution in [3.8, 4) is 0 Å². The van der Waals surface area contributed by atoms with Crippen molar-refractivity contribution >= 4 is 5.91 Å². The van der Waals surface area contributed by atoms with Gasteiger partial charge in [0.25, 0.3) is 5.91 Å². The van der Waals surface area contributed by atoms with Gasteiger partial charge in [-0.2, -0.15) is 0 Å². The molecular formula is C14H21NO2. The van der Waals surface area contributed by atoms with Gasteiger partial charge in [-0.25, -0.2) is 0 Å². The highest BCUT2D eigenvalue weighted by molar-refractivity contribution is 5.96. The van der Waals surface area contributed by atoms with Crippen LogP contribution in [0.25, 0.3) is 0 Å². The number of aliphatic hydroxyl groups excluding tert-OH is 1. The van der Waals surface area contributed by atoms with E-state index in [0.29, 0.717) is 13.0 Å². The largest absolute Gasteiger partial charge is 0.393 e. The average Bonchev–Trinajstić information content (AvgIpc) is 2.25. The summed E-state index contributed by atoms with van der Waals surface area (Å²) >= 11 is 0. The van der Waals surface area contributed by atoms with Gasteiger partial charge in [0.15, 0.2) is 0 Å². The van der Waals surface area contributed by atoms with Crippen molar-refractivity contribution in [2.45, 2.75) is 33.3 Å². The smallest absolute Gasteiger partial charge is 0.254 e. The molecule has 3 nitrogen and oxygen atoms in total. The Morgan fingerprint density at radius 1 is 1.35 bits per heavy atom. The zero-order valence-corrected chi connectivity index (χ0v) is 11.0. The number of hydrogen-bond donors (Lipinski definition) is 1. The van der Waals surface area contributed by atoms with E-state index in [-0.39, 0.29) is 12.0 Å². The highest BCUT2D eigenvalue weighted by atomic mass is 16.3. The zero-order chi connectivity index (χ0) is 13.0. The fourth-order valence-corrected chi connectivity index (χ4v) is 1.82. The fraction of sp³-hybridized carbons (Fsp3) is 0.500. The zero-order valence-electron chi connectivity index (χ0n) is 11.0. The van der Waals surface area contributed by atoms with Crippen LogP contribution in [0.3, 0.4) is 0 Å². The first-order chi connectivity index (χ1) is 7.93. The molecule has 0 spiro atoms. The molecule has 17 heavy (non-hydrogen) atoms. The maximum absolute atomic E-state index is 12.2. The van der Waals surface area contributed by atoms with Crippen LogP contribution >= 0.6 is 0 Å². The minimum atomic E-state index is -0.372. The second kappa shape index (κ2) is 5.82. The van der Waals surface area contributed by atoms with Crippen LogP contribution < -0.4 is 0 Å². The molecule has 1 unspecified atom stereocenters. The molecular weight excluding hydrogens is 214 g/mol. The Balaban J connectivity index is 2.82. The van der Waals surface area contributed by atoms with Crippen LogP contribution in [0.15, 0.2) is 18.2 Å². The van der Waals surface area contributed by atoms with Gasteiger partial charge in [0, 0.05) is 19.2 Å². The summed E-state index contributed by atoms with van der Waals surface area (Å²) in [5.74, 6) is 0.0289. The number of hydrogen-bond acceptors (Lipinski definition) is 2. The van der Waals surface area contributed by atoms with Crippen molar-refractivity contribution in [1.82, 2.24) is 4.90 Å². The standard InChI is InChI=1S/C14H21NO2/c1-10-6-5-7-11(2)13(10)14(17)15(4)9-8-12(3)16/h5-7,12,16H,8-9H2,1-4H3. The summed E-state index contributed by atoms with van der Waals surface area (Å²) in [4.78, 5) is 13.9. The van der Waals surface area contributed by atoms with Gasteiger partial charge in [-0.05, 0) is 38.3 Å². The molecule has 0 heterocycles. The Morgan fingerprint density at radius 2 is 1.88 bits per heavy atom. The number of aryl methyl sites for hydroxylation is 2. The Bertz CT molecular complexity index is 379. The molecule has 0 saturated heterocycles. The number of rotatable bonds is 4. The molecule has 1 aromatic rings. The maximum Gasteiger partial charge on any atom is 0.254 e. The summed E-state index contributed by atoms with van der Waals surface area (Å²) in [6.07, 6.45) is 0.232. The highest BCUT2D eigenvalue weighted by Gasteiger charge is 2.16. The number of aliphatic hydroxyl groups is 1. The molecule has 1 atom stereocenters. The molecule has 0 aliphatic carbocycles. The number of amides is 1. The van der Waals surface area contributed by atoms with Gasteiger partial charge in [0.1, 0.15) is 0 Å². The summed E-state index contributed by atoms with van der Waals surface area (Å²) in [7, 11) is 1.77. The minimum absolute atomic E-state index is 0.0289. The van der Waals surface area contributed by atoms with Gasteiger partial charge in [-0.3, -0.25) is 4.79 Å². The minimum Gasteiger partial charge on any atom is -0.393 e. The Hall–Kier alpha value is -1.35. The van der Waals surface area contributed by atoms with Crippen LogP contribution in [0.5, 0.6) is 0 Å². The third-order valence-corrected chi connectivity index (χ3v) is 2.92. The van der Waals surface area contributed by atoms with Crippen molar-refractivity contribution in [2.75, 3.05) is 13.6 Å². The van der Waals surface area contributed by atoms with Crippen molar-refractivity contribution < 1.29 is 9.90 Å². The molecule has 0 fully saturated rings. The van der Waals surface area contributed by atoms with E-state index in [1.807, 2.05) is 32.0 Å². The van der Waals surface area contributed by atoms with Gasteiger partial charge in [0.05, 0.1) is 6.10 Å². The highest BCUT2D eigenvalue weighted by Crippen LogP contribution is 2.15. The first-order valence-corrected chi connectivity index (χ1v) is 5.93. The molecule has 0 saturated carbocycles. The van der Waals surface area contributed by atoms with Crippen molar-refractivity contribution in [1.29, 1.82) is 0 Å². The van der Waals surface area contributed by atoms with Gasteiger partial charge in [-0.15, -0.1) is 0 Å². The van der Waals surface area contributed by atoms with Gasteiger partial charge < -0.3 is 10.0 Å². The van der Waals surface area contributed by atoms with E-state index in [1.54, 1.807) is 18.9 Å². The van der Waals surface area contributed by atoms with Crippen LogP contribution in [0.1, 0.15) is 34.8 Å². The summed E-state index contributed by atoms with van der Waals surface area (Å²) in [5.41, 5.74) is 2.78. The van der Waals surface area contributed by atoms with E-state index < -0.39 is 0 Å². The van der Waals surface area contributed by atoms with E-state index in [2.05, 4.69) is 0 Å². The first-order valence-electron chi connectivity index (χ1n) is 5.93. The second-order valence-corrected chi connectivity index (χ2v) is 4.63. The molecule has 1 amide bonds. The van der Waals surface area contributed by atoms with Gasteiger partial charge in [-0.1, -0.05) is 18.2 Å². The topological polar surface area (TPSA) is 40.5 Å². The predicted octanol–water partition coefficient (Wildman–Crippen LogP) is 2.15. The van der Waals surface area contributed by atoms with E-state index in [9.17, 15) is 9.90 Å².